The average Bonchev–Trinajstić information content (AvgIpc) is 2.81. The van der Waals surface area contributed by atoms with Gasteiger partial charge in [0.05, 0.1) is 23.1 Å². The molecular formula is C25H28N4O2. The van der Waals surface area contributed by atoms with Crippen LogP contribution in [0.3, 0.4) is 0 Å². The van der Waals surface area contributed by atoms with E-state index in [4.69, 9.17) is 9.40 Å². The lowest BCUT2D eigenvalue weighted by Crippen LogP contribution is -2.33. The number of hydrogen-bond acceptors (Lipinski definition) is 6. The third-order valence-corrected chi connectivity index (χ3v) is 6.32. The van der Waals surface area contributed by atoms with Gasteiger partial charge in [0.1, 0.15) is 5.58 Å². The van der Waals surface area contributed by atoms with Gasteiger partial charge < -0.3 is 4.42 Å². The number of fused-ring (bicyclic) bond motifs is 2. The van der Waals surface area contributed by atoms with Gasteiger partial charge in [-0.2, -0.15) is 0 Å². The maximum absolute atomic E-state index is 13.1. The van der Waals surface area contributed by atoms with Crippen LogP contribution in [0.5, 0.6) is 0 Å². The van der Waals surface area contributed by atoms with Crippen molar-refractivity contribution in [2.24, 2.45) is 4.99 Å². The van der Waals surface area contributed by atoms with Gasteiger partial charge in [-0.1, -0.05) is 19.9 Å². The van der Waals surface area contributed by atoms with E-state index >= 15 is 0 Å². The van der Waals surface area contributed by atoms with E-state index in [9.17, 15) is 4.79 Å². The van der Waals surface area contributed by atoms with Crippen molar-refractivity contribution >= 4 is 16.7 Å². The molecule has 6 nitrogen and oxygen atoms in total. The molecule has 0 spiro atoms. The van der Waals surface area contributed by atoms with Crippen molar-refractivity contribution in [1.29, 1.82) is 0 Å². The zero-order valence-electron chi connectivity index (χ0n) is 18.2. The Morgan fingerprint density at radius 1 is 1.19 bits per heavy atom. The summed E-state index contributed by atoms with van der Waals surface area (Å²) in [5.74, 6) is 1.17. The standard InChI is InChI=1S/C25H28N4O2/c1-16(2)17-6-7-23-20(11-17)24(30)19(15-31-23)14-29-10-8-21-18(13-29)12-27-25(28-21)22-5-3-4-9-26-22/h6-7,11-12,15-16H,3-5,8-10,13-14H2,1-2H3. The highest BCUT2D eigenvalue weighted by molar-refractivity contribution is 5.97. The number of rotatable bonds is 4. The topological polar surface area (TPSA) is 71.6 Å². The fourth-order valence-corrected chi connectivity index (χ4v) is 4.43. The van der Waals surface area contributed by atoms with Crippen LogP contribution in [0.1, 0.15) is 67.2 Å². The number of hydrogen-bond donors (Lipinski definition) is 0. The van der Waals surface area contributed by atoms with Crippen molar-refractivity contribution in [2.75, 3.05) is 13.1 Å². The van der Waals surface area contributed by atoms with Gasteiger partial charge in [0.25, 0.3) is 0 Å². The number of aromatic nitrogens is 2. The normalized spacial score (nSPS) is 17.1. The molecule has 1 aromatic carbocycles. The first-order valence-electron chi connectivity index (χ1n) is 11.2. The van der Waals surface area contributed by atoms with Gasteiger partial charge in [-0.05, 0) is 42.9 Å². The first-order chi connectivity index (χ1) is 15.1. The molecule has 0 atom stereocenters. The Hall–Kier alpha value is -2.86. The summed E-state index contributed by atoms with van der Waals surface area (Å²) in [6.45, 7) is 7.32. The van der Waals surface area contributed by atoms with E-state index in [0.717, 1.165) is 67.3 Å². The molecule has 0 N–H and O–H groups in total. The second-order valence-corrected chi connectivity index (χ2v) is 8.91. The van der Waals surface area contributed by atoms with Crippen LogP contribution >= 0.6 is 0 Å². The van der Waals surface area contributed by atoms with E-state index in [1.54, 1.807) is 6.26 Å². The molecule has 2 aliphatic rings. The van der Waals surface area contributed by atoms with Gasteiger partial charge in [0.15, 0.2) is 11.3 Å². The maximum Gasteiger partial charge on any atom is 0.197 e. The zero-order chi connectivity index (χ0) is 21.4. The summed E-state index contributed by atoms with van der Waals surface area (Å²) in [6.07, 6.45) is 7.72. The largest absolute Gasteiger partial charge is 0.464 e. The molecule has 5 rings (SSSR count). The molecule has 6 heteroatoms. The molecule has 2 aromatic heterocycles. The van der Waals surface area contributed by atoms with Crippen molar-refractivity contribution in [2.45, 2.75) is 58.5 Å². The van der Waals surface area contributed by atoms with E-state index in [1.165, 1.54) is 6.42 Å². The lowest BCUT2D eigenvalue weighted by Gasteiger charge is -2.28. The van der Waals surface area contributed by atoms with E-state index in [0.29, 0.717) is 29.0 Å². The van der Waals surface area contributed by atoms with Gasteiger partial charge in [-0.25, -0.2) is 9.97 Å². The summed E-state index contributed by atoms with van der Waals surface area (Å²) in [6, 6.07) is 5.91. The van der Waals surface area contributed by atoms with Crippen LogP contribution in [-0.4, -0.2) is 33.7 Å². The lowest BCUT2D eigenvalue weighted by molar-refractivity contribution is 0.240. The summed E-state index contributed by atoms with van der Waals surface area (Å²) < 4.78 is 5.79. The Kier molecular flexibility index (Phi) is 5.40. The summed E-state index contributed by atoms with van der Waals surface area (Å²) in [5.41, 5.74) is 5.86. The molecule has 0 radical (unpaired) electrons. The quantitative estimate of drug-likeness (QED) is 0.636. The highest BCUT2D eigenvalue weighted by Gasteiger charge is 2.21. The minimum absolute atomic E-state index is 0.0662. The monoisotopic (exact) mass is 416 g/mol. The van der Waals surface area contributed by atoms with Crippen LogP contribution in [0, 0.1) is 0 Å². The molecule has 160 valence electrons. The fourth-order valence-electron chi connectivity index (χ4n) is 4.43. The van der Waals surface area contributed by atoms with Crippen molar-refractivity contribution in [3.8, 4) is 0 Å². The van der Waals surface area contributed by atoms with Crippen LogP contribution in [0.4, 0.5) is 0 Å². The number of benzene rings is 1. The second-order valence-electron chi connectivity index (χ2n) is 8.91. The molecular weight excluding hydrogens is 388 g/mol. The minimum atomic E-state index is 0.0662. The highest BCUT2D eigenvalue weighted by atomic mass is 16.3. The van der Waals surface area contributed by atoms with Gasteiger partial charge >= 0.3 is 0 Å². The van der Waals surface area contributed by atoms with Crippen molar-refractivity contribution in [3.05, 3.63) is 69.1 Å². The predicted octanol–water partition coefficient (Wildman–Crippen LogP) is 4.24. The highest BCUT2D eigenvalue weighted by Crippen LogP contribution is 2.22. The summed E-state index contributed by atoms with van der Waals surface area (Å²) in [4.78, 5) is 29.4. The molecule has 0 amide bonds. The zero-order valence-corrected chi connectivity index (χ0v) is 18.2. The second kappa shape index (κ2) is 8.35. The molecule has 0 bridgehead atoms. The summed E-state index contributed by atoms with van der Waals surface area (Å²) in [5, 5.41) is 0.669. The minimum Gasteiger partial charge on any atom is -0.464 e. The number of aliphatic imine (C=N–C) groups is 1. The van der Waals surface area contributed by atoms with Crippen molar-refractivity contribution in [1.82, 2.24) is 14.9 Å². The Morgan fingerprint density at radius 3 is 2.90 bits per heavy atom. The Morgan fingerprint density at radius 2 is 2.10 bits per heavy atom. The maximum atomic E-state index is 13.1. The first kappa shape index (κ1) is 20.1. The fraction of sp³-hybridized carbons (Fsp3) is 0.440. The summed E-state index contributed by atoms with van der Waals surface area (Å²) >= 11 is 0. The van der Waals surface area contributed by atoms with E-state index in [-0.39, 0.29) is 5.43 Å². The molecule has 0 fully saturated rings. The van der Waals surface area contributed by atoms with E-state index in [2.05, 4.69) is 28.7 Å². The molecule has 0 saturated heterocycles. The van der Waals surface area contributed by atoms with Crippen LogP contribution in [0.15, 0.2) is 44.9 Å². The smallest absolute Gasteiger partial charge is 0.197 e. The molecule has 0 saturated carbocycles. The van der Waals surface area contributed by atoms with Crippen LogP contribution in [-0.2, 0) is 19.5 Å². The SMILES string of the molecule is CC(C)c1ccc2occ(CN3CCc4nc(C5=NCCCC5)ncc4C3)c(=O)c2c1. The van der Waals surface area contributed by atoms with Gasteiger partial charge in [-0.3, -0.25) is 14.7 Å². The molecule has 4 heterocycles. The summed E-state index contributed by atoms with van der Waals surface area (Å²) in [7, 11) is 0. The molecule has 3 aromatic rings. The van der Waals surface area contributed by atoms with Crippen molar-refractivity contribution < 1.29 is 4.42 Å². The Bertz CT molecular complexity index is 1210. The lowest BCUT2D eigenvalue weighted by atomic mass is 10.0. The van der Waals surface area contributed by atoms with Crippen LogP contribution < -0.4 is 5.43 Å². The van der Waals surface area contributed by atoms with Crippen LogP contribution in [0.2, 0.25) is 0 Å². The molecule has 31 heavy (non-hydrogen) atoms. The van der Waals surface area contributed by atoms with Gasteiger partial charge in [0, 0.05) is 49.9 Å². The van der Waals surface area contributed by atoms with Crippen LogP contribution in [0.25, 0.3) is 11.0 Å². The third-order valence-electron chi connectivity index (χ3n) is 6.32. The van der Waals surface area contributed by atoms with E-state index < -0.39 is 0 Å². The first-order valence-corrected chi connectivity index (χ1v) is 11.2. The molecule has 0 aliphatic carbocycles. The molecule has 2 aliphatic heterocycles. The Balaban J connectivity index is 1.36. The van der Waals surface area contributed by atoms with E-state index in [1.807, 2.05) is 24.4 Å². The molecule has 0 unspecified atom stereocenters. The van der Waals surface area contributed by atoms with Gasteiger partial charge in [-0.15, -0.1) is 0 Å². The number of nitrogens with zero attached hydrogens (tertiary/aromatic N) is 4. The van der Waals surface area contributed by atoms with Gasteiger partial charge in [0.2, 0.25) is 0 Å². The Labute approximate surface area is 182 Å². The van der Waals surface area contributed by atoms with Crippen molar-refractivity contribution in [3.63, 3.8) is 0 Å². The third kappa shape index (κ3) is 4.04. The average molecular weight is 417 g/mol. The predicted molar refractivity (Wildman–Crippen MR) is 122 cm³/mol.